The first kappa shape index (κ1) is 24.9. The van der Waals surface area contributed by atoms with Crippen LogP contribution in [0.1, 0.15) is 122 Å². The molecule has 0 aromatic heterocycles. The molecule has 0 fully saturated rings. The van der Waals surface area contributed by atoms with E-state index in [0.717, 1.165) is 31.6 Å². The Kier molecular flexibility index (Phi) is 18.0. The number of carboxylic acid groups (broad SMARTS) is 2. The van der Waals surface area contributed by atoms with Gasteiger partial charge in [-0.25, -0.2) is 0 Å². The van der Waals surface area contributed by atoms with Crippen LogP contribution in [0.2, 0.25) is 0 Å². The number of hydrogen-bond donors (Lipinski definition) is 2. The van der Waals surface area contributed by atoms with Crippen LogP contribution in [-0.4, -0.2) is 22.2 Å². The minimum absolute atomic E-state index is 0.319. The Morgan fingerprint density at radius 3 is 1.19 bits per heavy atom. The second kappa shape index (κ2) is 18.7. The lowest BCUT2D eigenvalue weighted by Gasteiger charge is -2.14. The second-order valence-electron chi connectivity index (χ2n) is 7.74. The molecule has 0 aromatic rings. The highest BCUT2D eigenvalue weighted by Crippen LogP contribution is 2.21. The molecule has 0 aliphatic carbocycles. The Hall–Kier alpha value is -1.06. The van der Waals surface area contributed by atoms with Crippen LogP contribution in [0.4, 0.5) is 0 Å². The maximum atomic E-state index is 10.5. The summed E-state index contributed by atoms with van der Waals surface area (Å²) in [7, 11) is 0. The molecule has 0 aromatic carbocycles. The van der Waals surface area contributed by atoms with Crippen molar-refractivity contribution in [2.45, 2.75) is 122 Å². The first-order chi connectivity index (χ1) is 12.6. The van der Waals surface area contributed by atoms with Crippen LogP contribution < -0.4 is 0 Å². The topological polar surface area (TPSA) is 74.6 Å². The molecule has 4 heteroatoms. The normalized spacial score (nSPS) is 12.2. The molecule has 0 heterocycles. The minimum Gasteiger partial charge on any atom is -0.481 e. The molecule has 1 atom stereocenters. The molecule has 2 N–H and O–H groups in total. The molecule has 26 heavy (non-hydrogen) atoms. The van der Waals surface area contributed by atoms with Crippen molar-refractivity contribution in [3.63, 3.8) is 0 Å². The summed E-state index contributed by atoms with van der Waals surface area (Å²) in [5, 5.41) is 17.2. The Labute approximate surface area is 160 Å². The fourth-order valence-corrected chi connectivity index (χ4v) is 3.56. The monoisotopic (exact) mass is 370 g/mol. The molecule has 4 nitrogen and oxygen atoms in total. The van der Waals surface area contributed by atoms with Crippen molar-refractivity contribution >= 4 is 11.9 Å². The van der Waals surface area contributed by atoms with Gasteiger partial charge >= 0.3 is 11.9 Å². The standard InChI is InChI=1S/C22H42O4/c1-2-20(17-13-10-11-15-19-22(25)26)16-12-8-6-4-3-5-7-9-14-18-21(23)24/h20H,2-19H2,1H3,(H,23,24)(H,25,26). The van der Waals surface area contributed by atoms with Gasteiger partial charge in [-0.05, 0) is 18.8 Å². The Balaban J connectivity index is 3.33. The third-order valence-corrected chi connectivity index (χ3v) is 5.33. The lowest BCUT2D eigenvalue weighted by molar-refractivity contribution is -0.138. The van der Waals surface area contributed by atoms with Gasteiger partial charge in [0.1, 0.15) is 0 Å². The largest absolute Gasteiger partial charge is 0.481 e. The third kappa shape index (κ3) is 19.3. The number of rotatable bonds is 20. The van der Waals surface area contributed by atoms with Crippen molar-refractivity contribution in [3.05, 3.63) is 0 Å². The molecule has 0 saturated carbocycles. The second-order valence-corrected chi connectivity index (χ2v) is 7.74. The zero-order valence-electron chi connectivity index (χ0n) is 17.0. The molecule has 154 valence electrons. The summed E-state index contributed by atoms with van der Waals surface area (Å²) < 4.78 is 0. The molecule has 0 aliphatic rings. The molecule has 1 unspecified atom stereocenters. The maximum absolute atomic E-state index is 10.5. The SMILES string of the molecule is CCC(CCCCCCCCCCCC(=O)O)CCCCCCC(=O)O. The van der Waals surface area contributed by atoms with Crippen molar-refractivity contribution in [1.29, 1.82) is 0 Å². The lowest BCUT2D eigenvalue weighted by atomic mass is 9.92. The average molecular weight is 371 g/mol. The van der Waals surface area contributed by atoms with Crippen LogP contribution in [0.3, 0.4) is 0 Å². The van der Waals surface area contributed by atoms with E-state index in [1.165, 1.54) is 77.0 Å². The molecular formula is C22H42O4. The van der Waals surface area contributed by atoms with Crippen molar-refractivity contribution < 1.29 is 19.8 Å². The highest BCUT2D eigenvalue weighted by Gasteiger charge is 2.06. The number of hydrogen-bond acceptors (Lipinski definition) is 2. The summed E-state index contributed by atoms with van der Waals surface area (Å²) in [4.78, 5) is 20.9. The highest BCUT2D eigenvalue weighted by molar-refractivity contribution is 5.66. The number of carbonyl (C=O) groups is 2. The summed E-state index contributed by atoms with van der Waals surface area (Å²) in [6.07, 6.45) is 19.8. The van der Waals surface area contributed by atoms with Gasteiger partial charge in [0.05, 0.1) is 0 Å². The fraction of sp³-hybridized carbons (Fsp3) is 0.909. The van der Waals surface area contributed by atoms with E-state index >= 15 is 0 Å². The van der Waals surface area contributed by atoms with E-state index < -0.39 is 11.9 Å². The van der Waals surface area contributed by atoms with E-state index in [1.807, 2.05) is 0 Å². The molecule has 0 radical (unpaired) electrons. The fourth-order valence-electron chi connectivity index (χ4n) is 3.56. The Morgan fingerprint density at radius 2 is 0.885 bits per heavy atom. The van der Waals surface area contributed by atoms with Crippen LogP contribution in [-0.2, 0) is 9.59 Å². The summed E-state index contributed by atoms with van der Waals surface area (Å²) >= 11 is 0. The van der Waals surface area contributed by atoms with E-state index in [2.05, 4.69) is 6.92 Å². The first-order valence-electron chi connectivity index (χ1n) is 11.0. The molecule has 0 bridgehead atoms. The average Bonchev–Trinajstić information content (AvgIpc) is 2.60. The van der Waals surface area contributed by atoms with E-state index in [-0.39, 0.29) is 0 Å². The molecular weight excluding hydrogens is 328 g/mol. The summed E-state index contributed by atoms with van der Waals surface area (Å²) in [6, 6.07) is 0. The van der Waals surface area contributed by atoms with Crippen molar-refractivity contribution in [2.75, 3.05) is 0 Å². The van der Waals surface area contributed by atoms with Gasteiger partial charge < -0.3 is 10.2 Å². The minimum atomic E-state index is -0.673. The van der Waals surface area contributed by atoms with Gasteiger partial charge in [0.25, 0.3) is 0 Å². The van der Waals surface area contributed by atoms with E-state index in [0.29, 0.717) is 12.8 Å². The first-order valence-corrected chi connectivity index (χ1v) is 11.0. The van der Waals surface area contributed by atoms with Crippen molar-refractivity contribution in [1.82, 2.24) is 0 Å². The quantitative estimate of drug-likeness (QED) is 0.231. The predicted octanol–water partition coefficient (Wildman–Crippen LogP) is 6.81. The Bertz CT molecular complexity index is 341. The predicted molar refractivity (Wildman–Crippen MR) is 108 cm³/mol. The number of carboxylic acids is 2. The van der Waals surface area contributed by atoms with Gasteiger partial charge in [0, 0.05) is 12.8 Å². The summed E-state index contributed by atoms with van der Waals surface area (Å²) in [5.41, 5.74) is 0. The summed E-state index contributed by atoms with van der Waals surface area (Å²) in [5.74, 6) is -0.494. The Morgan fingerprint density at radius 1 is 0.577 bits per heavy atom. The van der Waals surface area contributed by atoms with Gasteiger partial charge in [0.15, 0.2) is 0 Å². The van der Waals surface area contributed by atoms with E-state index in [9.17, 15) is 9.59 Å². The van der Waals surface area contributed by atoms with Crippen LogP contribution >= 0.6 is 0 Å². The third-order valence-electron chi connectivity index (χ3n) is 5.33. The smallest absolute Gasteiger partial charge is 0.303 e. The molecule has 0 aliphatic heterocycles. The van der Waals surface area contributed by atoms with Crippen LogP contribution in [0.15, 0.2) is 0 Å². The molecule has 0 spiro atoms. The summed E-state index contributed by atoms with van der Waals surface area (Å²) in [6.45, 7) is 2.29. The number of unbranched alkanes of at least 4 members (excludes halogenated alkanes) is 11. The molecule has 0 amide bonds. The van der Waals surface area contributed by atoms with Crippen molar-refractivity contribution in [2.24, 2.45) is 5.92 Å². The zero-order chi connectivity index (χ0) is 19.5. The van der Waals surface area contributed by atoms with Crippen LogP contribution in [0.5, 0.6) is 0 Å². The molecule has 0 rings (SSSR count). The van der Waals surface area contributed by atoms with Gasteiger partial charge in [-0.1, -0.05) is 96.8 Å². The van der Waals surface area contributed by atoms with Gasteiger partial charge in [0.2, 0.25) is 0 Å². The van der Waals surface area contributed by atoms with E-state index in [1.54, 1.807) is 0 Å². The van der Waals surface area contributed by atoms with Gasteiger partial charge in [-0.15, -0.1) is 0 Å². The molecule has 0 saturated heterocycles. The van der Waals surface area contributed by atoms with Crippen LogP contribution in [0.25, 0.3) is 0 Å². The maximum Gasteiger partial charge on any atom is 0.303 e. The van der Waals surface area contributed by atoms with Gasteiger partial charge in [-0.2, -0.15) is 0 Å². The lowest BCUT2D eigenvalue weighted by Crippen LogP contribution is -1.99. The van der Waals surface area contributed by atoms with Gasteiger partial charge in [-0.3, -0.25) is 9.59 Å². The highest BCUT2D eigenvalue weighted by atomic mass is 16.4. The van der Waals surface area contributed by atoms with E-state index in [4.69, 9.17) is 10.2 Å². The zero-order valence-corrected chi connectivity index (χ0v) is 17.0. The van der Waals surface area contributed by atoms with Crippen LogP contribution in [0, 0.1) is 5.92 Å². The number of aliphatic carboxylic acids is 2. The van der Waals surface area contributed by atoms with Crippen molar-refractivity contribution in [3.8, 4) is 0 Å².